The molecule has 112 valence electrons. The summed E-state index contributed by atoms with van der Waals surface area (Å²) in [5, 5.41) is 0.210. The van der Waals surface area contributed by atoms with Gasteiger partial charge in [0.05, 0.1) is 7.11 Å². The molecule has 0 saturated carbocycles. The van der Waals surface area contributed by atoms with Crippen LogP contribution in [0.1, 0.15) is 28.9 Å². The summed E-state index contributed by atoms with van der Waals surface area (Å²) in [6.45, 7) is 6.33. The van der Waals surface area contributed by atoms with Gasteiger partial charge < -0.3 is 10.5 Å². The average molecular weight is 301 g/mol. The van der Waals surface area contributed by atoms with Crippen LogP contribution in [0, 0.1) is 13.8 Å². The van der Waals surface area contributed by atoms with E-state index in [1.807, 2.05) is 23.9 Å². The summed E-state index contributed by atoms with van der Waals surface area (Å²) >= 11 is 1.81. The minimum atomic E-state index is 0.0590. The van der Waals surface area contributed by atoms with Gasteiger partial charge in [0.1, 0.15) is 5.75 Å². The zero-order valence-corrected chi connectivity index (χ0v) is 13.9. The first kappa shape index (κ1) is 15.9. The van der Waals surface area contributed by atoms with Crippen LogP contribution in [0.5, 0.6) is 5.75 Å². The molecule has 2 N–H and O–H groups in total. The average Bonchev–Trinajstić information content (AvgIpc) is 2.48. The molecule has 0 amide bonds. The molecule has 0 aliphatic carbocycles. The monoisotopic (exact) mass is 301 g/mol. The Kier molecular flexibility index (Phi) is 5.32. The van der Waals surface area contributed by atoms with Gasteiger partial charge in [-0.15, -0.1) is 11.8 Å². The lowest BCUT2D eigenvalue weighted by Gasteiger charge is -2.21. The molecule has 0 radical (unpaired) electrons. The zero-order valence-electron chi connectivity index (χ0n) is 13.1. The second-order valence-electron chi connectivity index (χ2n) is 5.42. The summed E-state index contributed by atoms with van der Waals surface area (Å²) in [4.78, 5) is 1.25. The summed E-state index contributed by atoms with van der Waals surface area (Å²) in [6.07, 6.45) is 0. The fourth-order valence-electron chi connectivity index (χ4n) is 2.23. The fraction of sp³-hybridized carbons (Fsp3) is 0.333. The van der Waals surface area contributed by atoms with Gasteiger partial charge in [0.25, 0.3) is 0 Å². The number of methoxy groups -OCH3 is 1. The molecule has 0 spiro atoms. The van der Waals surface area contributed by atoms with E-state index in [0.29, 0.717) is 0 Å². The van der Waals surface area contributed by atoms with Crippen LogP contribution in [0.2, 0.25) is 0 Å². The number of hydrogen-bond donors (Lipinski definition) is 1. The molecule has 0 heterocycles. The van der Waals surface area contributed by atoms with E-state index in [-0.39, 0.29) is 11.3 Å². The third-order valence-corrected chi connectivity index (χ3v) is 5.12. The van der Waals surface area contributed by atoms with Gasteiger partial charge in [-0.1, -0.05) is 18.2 Å². The molecule has 0 saturated heterocycles. The summed E-state index contributed by atoms with van der Waals surface area (Å²) in [5.41, 5.74) is 10.0. The first-order valence-corrected chi connectivity index (χ1v) is 8.02. The van der Waals surface area contributed by atoms with Crippen molar-refractivity contribution in [2.45, 2.75) is 37.0 Å². The van der Waals surface area contributed by atoms with Crippen molar-refractivity contribution >= 4 is 11.8 Å². The molecule has 3 heteroatoms. The van der Waals surface area contributed by atoms with Crippen LogP contribution in [-0.2, 0) is 0 Å². The first-order valence-electron chi connectivity index (χ1n) is 7.14. The standard InChI is InChI=1S/C18H23NOS/c1-12-8-9-17(10-13(12)2)21-18(14(3)19)15-6-5-7-16(11-15)20-4/h5-11,14,18H,19H2,1-4H3. The van der Waals surface area contributed by atoms with Gasteiger partial charge >= 0.3 is 0 Å². The number of thioether (sulfide) groups is 1. The Bertz CT molecular complexity index is 610. The third kappa shape index (κ3) is 4.02. The van der Waals surface area contributed by atoms with Crippen LogP contribution >= 0.6 is 11.8 Å². The molecule has 2 unspecified atom stereocenters. The molecule has 0 bridgehead atoms. The lowest BCUT2D eigenvalue weighted by molar-refractivity contribution is 0.414. The van der Waals surface area contributed by atoms with Crippen LogP contribution in [0.3, 0.4) is 0 Å². The van der Waals surface area contributed by atoms with E-state index >= 15 is 0 Å². The van der Waals surface area contributed by atoms with Gasteiger partial charge in [-0.2, -0.15) is 0 Å². The van der Waals surface area contributed by atoms with Crippen molar-refractivity contribution < 1.29 is 4.74 Å². The number of hydrogen-bond acceptors (Lipinski definition) is 3. The molecule has 0 aliphatic rings. The highest BCUT2D eigenvalue weighted by atomic mass is 32.2. The molecule has 2 rings (SSSR count). The van der Waals surface area contributed by atoms with Crippen LogP contribution in [-0.4, -0.2) is 13.2 Å². The number of nitrogens with two attached hydrogens (primary N) is 1. The molecule has 0 aliphatic heterocycles. The number of benzene rings is 2. The van der Waals surface area contributed by atoms with Crippen LogP contribution in [0.15, 0.2) is 47.4 Å². The molecular formula is C18H23NOS. The van der Waals surface area contributed by atoms with E-state index in [4.69, 9.17) is 10.5 Å². The van der Waals surface area contributed by atoms with Crippen LogP contribution in [0.25, 0.3) is 0 Å². The normalized spacial score (nSPS) is 13.8. The smallest absolute Gasteiger partial charge is 0.119 e. The fourth-order valence-corrected chi connectivity index (χ4v) is 3.41. The first-order chi connectivity index (χ1) is 10.0. The maximum atomic E-state index is 6.21. The quantitative estimate of drug-likeness (QED) is 0.826. The van der Waals surface area contributed by atoms with Crippen molar-refractivity contribution in [1.82, 2.24) is 0 Å². The highest BCUT2D eigenvalue weighted by Gasteiger charge is 2.18. The molecule has 2 aromatic rings. The lowest BCUT2D eigenvalue weighted by atomic mass is 10.1. The molecule has 2 atom stereocenters. The Morgan fingerprint density at radius 2 is 1.81 bits per heavy atom. The minimum Gasteiger partial charge on any atom is -0.497 e. The summed E-state index contributed by atoms with van der Waals surface area (Å²) < 4.78 is 5.32. The molecule has 21 heavy (non-hydrogen) atoms. The number of ether oxygens (including phenoxy) is 1. The van der Waals surface area contributed by atoms with Gasteiger partial charge in [-0.3, -0.25) is 0 Å². The van der Waals surface area contributed by atoms with E-state index in [1.54, 1.807) is 7.11 Å². The second-order valence-corrected chi connectivity index (χ2v) is 6.64. The van der Waals surface area contributed by atoms with E-state index < -0.39 is 0 Å². The van der Waals surface area contributed by atoms with Crippen molar-refractivity contribution in [3.05, 3.63) is 59.2 Å². The molecule has 2 aromatic carbocycles. The van der Waals surface area contributed by atoms with Crippen molar-refractivity contribution in [3.63, 3.8) is 0 Å². The van der Waals surface area contributed by atoms with Gasteiger partial charge in [0.15, 0.2) is 0 Å². The van der Waals surface area contributed by atoms with E-state index in [9.17, 15) is 0 Å². The Morgan fingerprint density at radius 1 is 1.05 bits per heavy atom. The van der Waals surface area contributed by atoms with Crippen molar-refractivity contribution in [2.75, 3.05) is 7.11 Å². The van der Waals surface area contributed by atoms with Crippen LogP contribution < -0.4 is 10.5 Å². The Morgan fingerprint density at radius 3 is 2.43 bits per heavy atom. The molecule has 0 aromatic heterocycles. The maximum absolute atomic E-state index is 6.21. The Labute approximate surface area is 131 Å². The SMILES string of the molecule is COc1cccc(C(Sc2ccc(C)c(C)c2)C(C)N)c1. The van der Waals surface area contributed by atoms with E-state index in [0.717, 1.165) is 5.75 Å². The van der Waals surface area contributed by atoms with Crippen molar-refractivity contribution in [2.24, 2.45) is 5.73 Å². The predicted octanol–water partition coefficient (Wildman–Crippen LogP) is 4.49. The van der Waals surface area contributed by atoms with Gasteiger partial charge in [0, 0.05) is 16.2 Å². The second kappa shape index (κ2) is 7.01. The lowest BCUT2D eigenvalue weighted by Crippen LogP contribution is -2.22. The topological polar surface area (TPSA) is 35.2 Å². The van der Waals surface area contributed by atoms with Crippen LogP contribution in [0.4, 0.5) is 0 Å². The van der Waals surface area contributed by atoms with E-state index in [1.165, 1.54) is 21.6 Å². The molecule has 2 nitrogen and oxygen atoms in total. The third-order valence-electron chi connectivity index (χ3n) is 3.64. The number of aryl methyl sites for hydroxylation is 2. The van der Waals surface area contributed by atoms with Gasteiger partial charge in [-0.25, -0.2) is 0 Å². The largest absolute Gasteiger partial charge is 0.497 e. The number of rotatable bonds is 5. The summed E-state index contributed by atoms with van der Waals surface area (Å²) in [7, 11) is 1.69. The van der Waals surface area contributed by atoms with Crippen molar-refractivity contribution in [3.8, 4) is 5.75 Å². The molecular weight excluding hydrogens is 278 g/mol. The van der Waals surface area contributed by atoms with Crippen molar-refractivity contribution in [1.29, 1.82) is 0 Å². The predicted molar refractivity (Wildman–Crippen MR) is 91.2 cm³/mol. The van der Waals surface area contributed by atoms with Gasteiger partial charge in [0.2, 0.25) is 0 Å². The Balaban J connectivity index is 2.28. The summed E-state index contributed by atoms with van der Waals surface area (Å²) in [5.74, 6) is 0.874. The molecule has 0 fully saturated rings. The van der Waals surface area contributed by atoms with E-state index in [2.05, 4.69) is 51.1 Å². The highest BCUT2D eigenvalue weighted by Crippen LogP contribution is 2.38. The summed E-state index contributed by atoms with van der Waals surface area (Å²) in [6, 6.07) is 14.8. The highest BCUT2D eigenvalue weighted by molar-refractivity contribution is 7.99. The zero-order chi connectivity index (χ0) is 15.4. The minimum absolute atomic E-state index is 0.0590. The Hall–Kier alpha value is -1.45. The van der Waals surface area contributed by atoms with Gasteiger partial charge in [-0.05, 0) is 61.7 Å². The maximum Gasteiger partial charge on any atom is 0.119 e.